The number of anilines is 3. The minimum atomic E-state index is 0.525. The molecule has 0 amide bonds. The van der Waals surface area contributed by atoms with E-state index >= 15 is 0 Å². The van der Waals surface area contributed by atoms with Gasteiger partial charge in [-0.3, -0.25) is 4.68 Å². The topological polar surface area (TPSA) is 81.7 Å². The quantitative estimate of drug-likeness (QED) is 0.857. The van der Waals surface area contributed by atoms with Crippen molar-refractivity contribution in [1.82, 2.24) is 19.7 Å². The van der Waals surface area contributed by atoms with Crippen LogP contribution in [0.5, 0.6) is 0 Å². The second kappa shape index (κ2) is 5.03. The molecule has 2 aromatic heterocycles. The van der Waals surface area contributed by atoms with E-state index in [9.17, 15) is 0 Å². The van der Waals surface area contributed by atoms with Gasteiger partial charge in [0, 0.05) is 18.8 Å². The molecule has 3 N–H and O–H groups in total. The predicted molar refractivity (Wildman–Crippen MR) is 71.7 cm³/mol. The van der Waals surface area contributed by atoms with E-state index in [-0.39, 0.29) is 0 Å². The van der Waals surface area contributed by atoms with E-state index in [0.29, 0.717) is 5.82 Å². The van der Waals surface area contributed by atoms with E-state index in [4.69, 9.17) is 5.73 Å². The van der Waals surface area contributed by atoms with Crippen molar-refractivity contribution in [2.24, 2.45) is 7.05 Å². The van der Waals surface area contributed by atoms with Gasteiger partial charge in [-0.05, 0) is 12.8 Å². The summed E-state index contributed by atoms with van der Waals surface area (Å²) in [5, 5.41) is 7.67. The van der Waals surface area contributed by atoms with Crippen LogP contribution in [0.2, 0.25) is 0 Å². The van der Waals surface area contributed by atoms with Crippen LogP contribution >= 0.6 is 0 Å². The molecule has 2 heterocycles. The number of rotatable bonds is 4. The van der Waals surface area contributed by atoms with Gasteiger partial charge < -0.3 is 11.1 Å². The molecule has 0 aliphatic carbocycles. The largest absolute Gasteiger partial charge is 0.383 e. The van der Waals surface area contributed by atoms with E-state index in [1.807, 2.05) is 20.2 Å². The fourth-order valence-corrected chi connectivity index (χ4v) is 1.91. The van der Waals surface area contributed by atoms with E-state index in [1.165, 1.54) is 6.33 Å². The maximum atomic E-state index is 5.85. The normalized spacial score (nSPS) is 10.6. The van der Waals surface area contributed by atoms with Gasteiger partial charge in [0.25, 0.3) is 0 Å². The van der Waals surface area contributed by atoms with E-state index in [2.05, 4.69) is 27.3 Å². The second-order valence-electron chi connectivity index (χ2n) is 4.08. The lowest BCUT2D eigenvalue weighted by Gasteiger charge is -2.10. The van der Waals surface area contributed by atoms with Crippen LogP contribution in [0.4, 0.5) is 17.3 Å². The molecule has 0 saturated carbocycles. The van der Waals surface area contributed by atoms with Gasteiger partial charge in [0.2, 0.25) is 0 Å². The first kappa shape index (κ1) is 12.3. The highest BCUT2D eigenvalue weighted by molar-refractivity contribution is 5.64. The summed E-state index contributed by atoms with van der Waals surface area (Å²) >= 11 is 0. The summed E-state index contributed by atoms with van der Waals surface area (Å²) in [6.45, 7) is 4.10. The van der Waals surface area contributed by atoms with Crippen LogP contribution in [0, 0.1) is 0 Å². The third kappa shape index (κ3) is 2.27. The Morgan fingerprint density at radius 1 is 1.28 bits per heavy atom. The molecular formula is C12H18N6. The van der Waals surface area contributed by atoms with Gasteiger partial charge >= 0.3 is 0 Å². The van der Waals surface area contributed by atoms with Crippen molar-refractivity contribution in [2.75, 3.05) is 11.1 Å². The molecule has 0 aromatic carbocycles. The molecule has 0 radical (unpaired) electrons. The molecule has 0 saturated heterocycles. The van der Waals surface area contributed by atoms with Crippen molar-refractivity contribution >= 4 is 17.3 Å². The number of nitrogens with two attached hydrogens (primary N) is 1. The number of nitrogens with zero attached hydrogens (tertiary/aromatic N) is 4. The van der Waals surface area contributed by atoms with Gasteiger partial charge in [-0.2, -0.15) is 5.10 Å². The number of nitrogens with one attached hydrogen (secondary N) is 1. The fourth-order valence-electron chi connectivity index (χ4n) is 1.91. The molecule has 0 aliphatic rings. The molecular weight excluding hydrogens is 228 g/mol. The molecule has 0 spiro atoms. The van der Waals surface area contributed by atoms with Crippen LogP contribution in [-0.4, -0.2) is 19.7 Å². The maximum absolute atomic E-state index is 5.85. The molecule has 0 atom stereocenters. The molecule has 6 heteroatoms. The zero-order chi connectivity index (χ0) is 13.1. The van der Waals surface area contributed by atoms with E-state index in [1.54, 1.807) is 4.68 Å². The second-order valence-corrected chi connectivity index (χ2v) is 4.08. The summed E-state index contributed by atoms with van der Waals surface area (Å²) in [4.78, 5) is 8.26. The summed E-state index contributed by atoms with van der Waals surface area (Å²) < 4.78 is 1.79. The average Bonchev–Trinajstić information content (AvgIpc) is 2.70. The lowest BCUT2D eigenvalue weighted by molar-refractivity contribution is 0.746. The monoisotopic (exact) mass is 246 g/mol. The molecule has 18 heavy (non-hydrogen) atoms. The van der Waals surface area contributed by atoms with Crippen molar-refractivity contribution in [2.45, 2.75) is 26.7 Å². The molecule has 0 bridgehead atoms. The number of hydrogen-bond donors (Lipinski definition) is 2. The molecule has 0 fully saturated rings. The highest BCUT2D eigenvalue weighted by Gasteiger charge is 2.11. The SMILES string of the molecule is CCc1nn(C)cc1Nc1ncnc(N)c1CC. The zero-order valence-corrected chi connectivity index (χ0v) is 10.9. The Bertz CT molecular complexity index is 545. The van der Waals surface area contributed by atoms with Crippen molar-refractivity contribution in [3.63, 3.8) is 0 Å². The Morgan fingerprint density at radius 3 is 2.72 bits per heavy atom. The number of aryl methyl sites for hydroxylation is 2. The van der Waals surface area contributed by atoms with Gasteiger partial charge in [-0.1, -0.05) is 13.8 Å². The molecule has 2 aromatic rings. The van der Waals surface area contributed by atoms with Gasteiger partial charge in [0.05, 0.1) is 11.4 Å². The smallest absolute Gasteiger partial charge is 0.139 e. The van der Waals surface area contributed by atoms with Crippen LogP contribution < -0.4 is 11.1 Å². The van der Waals surface area contributed by atoms with Gasteiger partial charge in [-0.25, -0.2) is 9.97 Å². The van der Waals surface area contributed by atoms with E-state index < -0.39 is 0 Å². The summed E-state index contributed by atoms with van der Waals surface area (Å²) in [6, 6.07) is 0. The Labute approximate surface area is 106 Å². The van der Waals surface area contributed by atoms with Crippen LogP contribution in [0.1, 0.15) is 25.1 Å². The minimum absolute atomic E-state index is 0.525. The Kier molecular flexibility index (Phi) is 3.45. The Balaban J connectivity index is 2.36. The lowest BCUT2D eigenvalue weighted by atomic mass is 10.2. The van der Waals surface area contributed by atoms with Crippen LogP contribution in [0.25, 0.3) is 0 Å². The highest BCUT2D eigenvalue weighted by atomic mass is 15.3. The highest BCUT2D eigenvalue weighted by Crippen LogP contribution is 2.24. The summed E-state index contributed by atoms with van der Waals surface area (Å²) in [6.07, 6.45) is 5.07. The van der Waals surface area contributed by atoms with Crippen LogP contribution in [-0.2, 0) is 19.9 Å². The van der Waals surface area contributed by atoms with Gasteiger partial charge in [-0.15, -0.1) is 0 Å². The maximum Gasteiger partial charge on any atom is 0.139 e. The van der Waals surface area contributed by atoms with Gasteiger partial charge in [0.15, 0.2) is 0 Å². The zero-order valence-electron chi connectivity index (χ0n) is 10.9. The molecule has 0 unspecified atom stereocenters. The van der Waals surface area contributed by atoms with Crippen molar-refractivity contribution in [3.8, 4) is 0 Å². The predicted octanol–water partition coefficient (Wildman–Crippen LogP) is 1.66. The number of nitrogen functional groups attached to an aromatic ring is 1. The summed E-state index contributed by atoms with van der Waals surface area (Å²) in [7, 11) is 1.90. The number of aromatic nitrogens is 4. The van der Waals surface area contributed by atoms with Crippen LogP contribution in [0.15, 0.2) is 12.5 Å². The average molecular weight is 246 g/mol. The van der Waals surface area contributed by atoms with Crippen molar-refractivity contribution < 1.29 is 0 Å². The van der Waals surface area contributed by atoms with Crippen LogP contribution in [0.3, 0.4) is 0 Å². The van der Waals surface area contributed by atoms with Gasteiger partial charge in [0.1, 0.15) is 18.0 Å². The first-order chi connectivity index (χ1) is 8.65. The Hall–Kier alpha value is -2.11. The van der Waals surface area contributed by atoms with Crippen molar-refractivity contribution in [3.05, 3.63) is 23.8 Å². The summed E-state index contributed by atoms with van der Waals surface area (Å²) in [5.74, 6) is 1.28. The third-order valence-electron chi connectivity index (χ3n) is 2.83. The molecule has 6 nitrogen and oxygen atoms in total. The van der Waals surface area contributed by atoms with E-state index in [0.717, 1.165) is 35.6 Å². The Morgan fingerprint density at radius 2 is 2.06 bits per heavy atom. The third-order valence-corrected chi connectivity index (χ3v) is 2.83. The molecule has 96 valence electrons. The lowest BCUT2D eigenvalue weighted by Crippen LogP contribution is -2.05. The standard InChI is InChI=1S/C12H18N6/c1-4-8-11(13)14-7-15-12(8)16-10-6-18(3)17-9(10)5-2/h6-7H,4-5H2,1-3H3,(H3,13,14,15,16). The summed E-state index contributed by atoms with van der Waals surface area (Å²) in [5.41, 5.74) is 8.76. The fraction of sp³-hybridized carbons (Fsp3) is 0.417. The first-order valence-electron chi connectivity index (χ1n) is 6.04. The molecule has 0 aliphatic heterocycles. The number of hydrogen-bond acceptors (Lipinski definition) is 5. The molecule has 2 rings (SSSR count). The first-order valence-corrected chi connectivity index (χ1v) is 6.04. The van der Waals surface area contributed by atoms with Crippen molar-refractivity contribution in [1.29, 1.82) is 0 Å². The minimum Gasteiger partial charge on any atom is -0.383 e.